The summed E-state index contributed by atoms with van der Waals surface area (Å²) in [5.41, 5.74) is 5.69. The highest BCUT2D eigenvalue weighted by molar-refractivity contribution is 14.0. The van der Waals surface area contributed by atoms with Crippen LogP contribution in [0.4, 0.5) is 0 Å². The zero-order chi connectivity index (χ0) is 13.9. The molecule has 0 unspecified atom stereocenters. The number of guanidine groups is 1. The molecule has 1 amide bonds. The van der Waals surface area contributed by atoms with Gasteiger partial charge in [-0.2, -0.15) is 0 Å². The van der Waals surface area contributed by atoms with Gasteiger partial charge in [-0.25, -0.2) is 0 Å². The van der Waals surface area contributed by atoms with Crippen LogP contribution < -0.4 is 16.4 Å². The molecule has 0 aromatic heterocycles. The molecule has 1 aliphatic rings. The van der Waals surface area contributed by atoms with Gasteiger partial charge in [-0.15, -0.1) is 24.0 Å². The SMILES string of the molecule is CCCCN=C(N)NCCC(=O)NC1CCCCC1.I. The van der Waals surface area contributed by atoms with E-state index in [1.54, 1.807) is 0 Å². The average Bonchev–Trinajstić information content (AvgIpc) is 2.40. The third kappa shape index (κ3) is 9.39. The molecule has 0 heterocycles. The average molecular weight is 396 g/mol. The molecule has 0 radical (unpaired) electrons. The predicted molar refractivity (Wildman–Crippen MR) is 94.4 cm³/mol. The minimum absolute atomic E-state index is 0. The number of hydrogen-bond acceptors (Lipinski definition) is 2. The maximum Gasteiger partial charge on any atom is 0.221 e. The number of nitrogens with one attached hydrogen (secondary N) is 2. The van der Waals surface area contributed by atoms with Crippen LogP contribution in [-0.4, -0.2) is 31.0 Å². The second kappa shape index (κ2) is 12.2. The third-order valence-electron chi connectivity index (χ3n) is 3.42. The van der Waals surface area contributed by atoms with Crippen LogP contribution >= 0.6 is 24.0 Å². The first-order chi connectivity index (χ1) is 9.22. The molecule has 0 aromatic carbocycles. The quantitative estimate of drug-likeness (QED) is 0.267. The molecular weight excluding hydrogens is 367 g/mol. The molecule has 1 saturated carbocycles. The Bertz CT molecular complexity index is 291. The molecule has 0 atom stereocenters. The largest absolute Gasteiger partial charge is 0.370 e. The first-order valence-electron chi connectivity index (χ1n) is 7.55. The number of nitrogens with two attached hydrogens (primary N) is 1. The van der Waals surface area contributed by atoms with Crippen molar-refractivity contribution in [3.05, 3.63) is 0 Å². The summed E-state index contributed by atoms with van der Waals surface area (Å²) in [5.74, 6) is 0.555. The highest BCUT2D eigenvalue weighted by Gasteiger charge is 2.15. The number of carbonyl (C=O) groups excluding carboxylic acids is 1. The topological polar surface area (TPSA) is 79.5 Å². The van der Waals surface area contributed by atoms with Gasteiger partial charge < -0.3 is 16.4 Å². The van der Waals surface area contributed by atoms with Gasteiger partial charge in [0.15, 0.2) is 5.96 Å². The van der Waals surface area contributed by atoms with Crippen molar-refractivity contribution in [2.24, 2.45) is 10.7 Å². The van der Waals surface area contributed by atoms with Crippen LogP contribution in [0.25, 0.3) is 0 Å². The van der Waals surface area contributed by atoms with E-state index in [1.165, 1.54) is 19.3 Å². The van der Waals surface area contributed by atoms with E-state index in [-0.39, 0.29) is 29.9 Å². The highest BCUT2D eigenvalue weighted by Crippen LogP contribution is 2.17. The van der Waals surface area contributed by atoms with Crippen LogP contribution in [0.1, 0.15) is 58.3 Å². The van der Waals surface area contributed by atoms with Gasteiger partial charge in [0.2, 0.25) is 5.91 Å². The molecule has 0 saturated heterocycles. The Labute approximate surface area is 139 Å². The number of rotatable bonds is 7. The van der Waals surface area contributed by atoms with Crippen molar-refractivity contribution < 1.29 is 4.79 Å². The summed E-state index contributed by atoms with van der Waals surface area (Å²) in [6.07, 6.45) is 8.64. The number of halogens is 1. The molecule has 118 valence electrons. The molecule has 20 heavy (non-hydrogen) atoms. The minimum Gasteiger partial charge on any atom is -0.370 e. The Balaban J connectivity index is 0.00000361. The smallest absolute Gasteiger partial charge is 0.221 e. The number of hydrogen-bond donors (Lipinski definition) is 3. The summed E-state index contributed by atoms with van der Waals surface area (Å²) in [7, 11) is 0. The van der Waals surface area contributed by atoms with Crippen molar-refractivity contribution in [2.45, 2.75) is 64.3 Å². The third-order valence-corrected chi connectivity index (χ3v) is 3.42. The number of amides is 1. The lowest BCUT2D eigenvalue weighted by Crippen LogP contribution is -2.39. The number of carbonyl (C=O) groups is 1. The second-order valence-electron chi connectivity index (χ2n) is 5.20. The molecule has 1 fully saturated rings. The zero-order valence-corrected chi connectivity index (χ0v) is 14.8. The van der Waals surface area contributed by atoms with Crippen molar-refractivity contribution in [2.75, 3.05) is 13.1 Å². The van der Waals surface area contributed by atoms with Crippen molar-refractivity contribution in [3.8, 4) is 0 Å². The fraction of sp³-hybridized carbons (Fsp3) is 0.857. The number of aliphatic imine (C=N–C) groups is 1. The Morgan fingerprint density at radius 1 is 1.30 bits per heavy atom. The van der Waals surface area contributed by atoms with Crippen LogP contribution in [0.2, 0.25) is 0 Å². The molecule has 0 aromatic rings. The van der Waals surface area contributed by atoms with E-state index >= 15 is 0 Å². The minimum atomic E-state index is 0. The molecule has 5 nitrogen and oxygen atoms in total. The second-order valence-corrected chi connectivity index (χ2v) is 5.20. The molecule has 0 aliphatic heterocycles. The van der Waals surface area contributed by atoms with Gasteiger partial charge in [0.25, 0.3) is 0 Å². The summed E-state index contributed by atoms with van der Waals surface area (Å²) in [5, 5.41) is 6.06. The summed E-state index contributed by atoms with van der Waals surface area (Å²) >= 11 is 0. The molecule has 4 N–H and O–H groups in total. The van der Waals surface area contributed by atoms with E-state index < -0.39 is 0 Å². The normalized spacial score (nSPS) is 16.4. The van der Waals surface area contributed by atoms with E-state index in [0.29, 0.717) is 25.0 Å². The first kappa shape index (κ1) is 19.5. The fourth-order valence-electron chi connectivity index (χ4n) is 2.26. The van der Waals surface area contributed by atoms with Crippen LogP contribution in [0.15, 0.2) is 4.99 Å². The number of unbranched alkanes of at least 4 members (excludes halogenated alkanes) is 1. The van der Waals surface area contributed by atoms with Crippen molar-refractivity contribution in [1.29, 1.82) is 0 Å². The van der Waals surface area contributed by atoms with Gasteiger partial charge in [0.05, 0.1) is 0 Å². The van der Waals surface area contributed by atoms with E-state index in [4.69, 9.17) is 5.73 Å². The van der Waals surface area contributed by atoms with Crippen molar-refractivity contribution in [1.82, 2.24) is 10.6 Å². The van der Waals surface area contributed by atoms with Gasteiger partial charge in [-0.1, -0.05) is 32.6 Å². The van der Waals surface area contributed by atoms with Gasteiger partial charge in [-0.3, -0.25) is 9.79 Å². The summed E-state index contributed by atoms with van der Waals surface area (Å²) < 4.78 is 0. The Morgan fingerprint density at radius 2 is 2.00 bits per heavy atom. The molecule has 6 heteroatoms. The van der Waals surface area contributed by atoms with Crippen LogP contribution in [0.5, 0.6) is 0 Å². The van der Waals surface area contributed by atoms with E-state index in [9.17, 15) is 4.79 Å². The van der Waals surface area contributed by atoms with Crippen LogP contribution in [0, 0.1) is 0 Å². The summed E-state index contributed by atoms with van der Waals surface area (Å²) in [6, 6.07) is 0.386. The lowest BCUT2D eigenvalue weighted by molar-refractivity contribution is -0.121. The molecule has 1 rings (SSSR count). The Morgan fingerprint density at radius 3 is 2.65 bits per heavy atom. The standard InChI is InChI=1S/C14H28N4O.HI/c1-2-3-10-16-14(15)17-11-9-13(19)18-12-7-5-4-6-8-12;/h12H,2-11H2,1H3,(H,18,19)(H3,15,16,17);1H. The lowest BCUT2D eigenvalue weighted by atomic mass is 9.95. The van der Waals surface area contributed by atoms with Crippen LogP contribution in [0.3, 0.4) is 0 Å². The highest BCUT2D eigenvalue weighted by atomic mass is 127. The molecule has 0 spiro atoms. The maximum atomic E-state index is 11.7. The summed E-state index contributed by atoms with van der Waals surface area (Å²) in [6.45, 7) is 3.43. The van der Waals surface area contributed by atoms with E-state index in [2.05, 4.69) is 22.5 Å². The number of nitrogens with zero attached hydrogens (tertiary/aromatic N) is 1. The fourth-order valence-corrected chi connectivity index (χ4v) is 2.26. The Kier molecular flexibility index (Phi) is 11.9. The Hall–Kier alpha value is -0.530. The first-order valence-corrected chi connectivity index (χ1v) is 7.55. The summed E-state index contributed by atoms with van der Waals surface area (Å²) in [4.78, 5) is 15.9. The van der Waals surface area contributed by atoms with Crippen LogP contribution in [-0.2, 0) is 4.79 Å². The molecule has 1 aliphatic carbocycles. The van der Waals surface area contributed by atoms with Crippen molar-refractivity contribution >= 4 is 35.8 Å². The lowest BCUT2D eigenvalue weighted by Gasteiger charge is -2.22. The van der Waals surface area contributed by atoms with E-state index in [0.717, 1.165) is 32.2 Å². The molecular formula is C14H29IN4O. The predicted octanol–water partition coefficient (Wildman–Crippen LogP) is 2.15. The zero-order valence-electron chi connectivity index (χ0n) is 12.5. The van der Waals surface area contributed by atoms with Crippen molar-refractivity contribution in [3.63, 3.8) is 0 Å². The maximum absolute atomic E-state index is 11.7. The monoisotopic (exact) mass is 396 g/mol. The van der Waals surface area contributed by atoms with Gasteiger partial charge in [0, 0.05) is 25.6 Å². The van der Waals surface area contributed by atoms with Gasteiger partial charge >= 0.3 is 0 Å². The molecule has 0 bridgehead atoms. The van der Waals surface area contributed by atoms with E-state index in [1.807, 2.05) is 0 Å². The van der Waals surface area contributed by atoms with Gasteiger partial charge in [0.1, 0.15) is 0 Å². The van der Waals surface area contributed by atoms with Gasteiger partial charge in [-0.05, 0) is 19.3 Å².